The van der Waals surface area contributed by atoms with Gasteiger partial charge in [0.2, 0.25) is 0 Å². The Hall–Kier alpha value is -1.26. The van der Waals surface area contributed by atoms with E-state index in [0.29, 0.717) is 17.3 Å². The Morgan fingerprint density at radius 2 is 2.15 bits per heavy atom. The quantitative estimate of drug-likeness (QED) is 0.724. The fourth-order valence-electron chi connectivity index (χ4n) is 0.867. The van der Waals surface area contributed by atoms with Gasteiger partial charge in [0.05, 0.1) is 11.9 Å². The van der Waals surface area contributed by atoms with E-state index in [1.54, 1.807) is 13.8 Å². The maximum atomic E-state index is 11.8. The Morgan fingerprint density at radius 3 is 2.69 bits per heavy atom. The molecule has 0 fully saturated rings. The highest BCUT2D eigenvalue weighted by molar-refractivity contribution is 5.22. The molecular weight excluding hydrogens is 178 g/mol. The number of rotatable bonds is 3. The van der Waals surface area contributed by atoms with Crippen LogP contribution in [0, 0.1) is 13.8 Å². The van der Waals surface area contributed by atoms with Gasteiger partial charge in [-0.05, 0) is 13.8 Å². The standard InChI is InChI=1S/C8H10F2N2O/c1-5-7(13-4-8(9)10)3-11-6(2)12-5/h3,8H,4H2,1-2H3. The number of ether oxygens (including phenoxy) is 1. The van der Waals surface area contributed by atoms with Gasteiger partial charge in [-0.1, -0.05) is 0 Å². The maximum Gasteiger partial charge on any atom is 0.272 e. The van der Waals surface area contributed by atoms with Crippen molar-refractivity contribution in [1.29, 1.82) is 0 Å². The SMILES string of the molecule is Cc1ncc(OCC(F)F)c(C)n1. The molecule has 0 radical (unpaired) electrons. The first-order chi connectivity index (χ1) is 6.09. The lowest BCUT2D eigenvalue weighted by atomic mass is 10.4. The summed E-state index contributed by atoms with van der Waals surface area (Å²) in [6, 6.07) is 0. The second kappa shape index (κ2) is 4.11. The third kappa shape index (κ3) is 2.93. The second-order valence-electron chi connectivity index (χ2n) is 2.57. The summed E-state index contributed by atoms with van der Waals surface area (Å²) in [6.45, 7) is 2.80. The molecule has 0 bridgehead atoms. The number of alkyl halides is 2. The van der Waals surface area contributed by atoms with Crippen LogP contribution >= 0.6 is 0 Å². The van der Waals surface area contributed by atoms with Crippen molar-refractivity contribution in [2.24, 2.45) is 0 Å². The van der Waals surface area contributed by atoms with Gasteiger partial charge in [-0.3, -0.25) is 0 Å². The molecule has 0 aromatic carbocycles. The van der Waals surface area contributed by atoms with Gasteiger partial charge in [-0.2, -0.15) is 0 Å². The number of nitrogens with zero attached hydrogens (tertiary/aromatic N) is 2. The van der Waals surface area contributed by atoms with Crippen LogP contribution in [0.1, 0.15) is 11.5 Å². The molecule has 0 unspecified atom stereocenters. The van der Waals surface area contributed by atoms with Gasteiger partial charge < -0.3 is 4.74 Å². The third-order valence-electron chi connectivity index (χ3n) is 1.42. The lowest BCUT2D eigenvalue weighted by molar-refractivity contribution is 0.0811. The molecule has 1 rings (SSSR count). The summed E-state index contributed by atoms with van der Waals surface area (Å²) < 4.78 is 28.3. The predicted molar refractivity (Wildman–Crippen MR) is 43.0 cm³/mol. The fourth-order valence-corrected chi connectivity index (χ4v) is 0.867. The van der Waals surface area contributed by atoms with E-state index in [0.717, 1.165) is 0 Å². The molecule has 3 nitrogen and oxygen atoms in total. The molecule has 0 amide bonds. The smallest absolute Gasteiger partial charge is 0.272 e. The summed E-state index contributed by atoms with van der Waals surface area (Å²) in [6.07, 6.45) is -1.07. The first-order valence-electron chi connectivity index (χ1n) is 3.81. The van der Waals surface area contributed by atoms with E-state index in [1.807, 2.05) is 0 Å². The maximum absolute atomic E-state index is 11.8. The third-order valence-corrected chi connectivity index (χ3v) is 1.42. The van der Waals surface area contributed by atoms with Crippen molar-refractivity contribution < 1.29 is 13.5 Å². The minimum Gasteiger partial charge on any atom is -0.484 e. The molecule has 0 aliphatic rings. The highest BCUT2D eigenvalue weighted by atomic mass is 19.3. The monoisotopic (exact) mass is 188 g/mol. The van der Waals surface area contributed by atoms with Gasteiger partial charge in [0.25, 0.3) is 6.43 Å². The van der Waals surface area contributed by atoms with E-state index in [1.165, 1.54) is 6.20 Å². The zero-order valence-corrected chi connectivity index (χ0v) is 7.42. The summed E-state index contributed by atoms with van der Waals surface area (Å²) in [5.41, 5.74) is 0.577. The molecular formula is C8H10F2N2O. The molecule has 0 atom stereocenters. The van der Waals surface area contributed by atoms with Crippen LogP contribution in [0.15, 0.2) is 6.20 Å². The highest BCUT2D eigenvalue weighted by Crippen LogP contribution is 2.13. The average Bonchev–Trinajstić information content (AvgIpc) is 2.02. The van der Waals surface area contributed by atoms with Crippen molar-refractivity contribution in [1.82, 2.24) is 9.97 Å². The number of hydrogen-bond acceptors (Lipinski definition) is 3. The normalized spacial score (nSPS) is 10.5. The van der Waals surface area contributed by atoms with Crippen LogP contribution in [-0.2, 0) is 0 Å². The molecule has 0 aliphatic heterocycles. The largest absolute Gasteiger partial charge is 0.484 e. The van der Waals surface area contributed by atoms with Gasteiger partial charge in [-0.15, -0.1) is 0 Å². The minimum atomic E-state index is -2.47. The van der Waals surface area contributed by atoms with Crippen molar-refractivity contribution in [2.75, 3.05) is 6.61 Å². The van der Waals surface area contributed by atoms with Crippen LogP contribution in [0.25, 0.3) is 0 Å². The van der Waals surface area contributed by atoms with E-state index in [9.17, 15) is 8.78 Å². The van der Waals surface area contributed by atoms with E-state index >= 15 is 0 Å². The van der Waals surface area contributed by atoms with Gasteiger partial charge in [0.1, 0.15) is 12.4 Å². The Morgan fingerprint density at radius 1 is 1.46 bits per heavy atom. The fraction of sp³-hybridized carbons (Fsp3) is 0.500. The molecule has 5 heteroatoms. The van der Waals surface area contributed by atoms with Crippen molar-refractivity contribution in [3.8, 4) is 5.75 Å². The molecule has 13 heavy (non-hydrogen) atoms. The lowest BCUT2D eigenvalue weighted by Gasteiger charge is -2.06. The average molecular weight is 188 g/mol. The van der Waals surface area contributed by atoms with Crippen molar-refractivity contribution >= 4 is 0 Å². The van der Waals surface area contributed by atoms with E-state index in [-0.39, 0.29) is 0 Å². The molecule has 1 aromatic heterocycles. The summed E-state index contributed by atoms with van der Waals surface area (Å²) in [5, 5.41) is 0. The molecule has 1 aromatic rings. The summed E-state index contributed by atoms with van der Waals surface area (Å²) >= 11 is 0. The molecule has 0 aliphatic carbocycles. The van der Waals surface area contributed by atoms with Crippen LogP contribution < -0.4 is 4.74 Å². The number of aryl methyl sites for hydroxylation is 2. The summed E-state index contributed by atoms with van der Waals surface area (Å²) in [4.78, 5) is 7.81. The van der Waals surface area contributed by atoms with Gasteiger partial charge >= 0.3 is 0 Å². The molecule has 0 N–H and O–H groups in total. The van der Waals surface area contributed by atoms with Gasteiger partial charge in [0.15, 0.2) is 5.75 Å². The van der Waals surface area contributed by atoms with Crippen LogP contribution in [0.3, 0.4) is 0 Å². The van der Waals surface area contributed by atoms with E-state index in [4.69, 9.17) is 4.74 Å². The lowest BCUT2D eigenvalue weighted by Crippen LogP contribution is -2.08. The van der Waals surface area contributed by atoms with Gasteiger partial charge in [-0.25, -0.2) is 18.7 Å². The Kier molecular flexibility index (Phi) is 3.11. The Labute approximate surface area is 74.8 Å². The zero-order chi connectivity index (χ0) is 9.84. The van der Waals surface area contributed by atoms with Crippen molar-refractivity contribution in [3.63, 3.8) is 0 Å². The van der Waals surface area contributed by atoms with Crippen LogP contribution in [0.2, 0.25) is 0 Å². The van der Waals surface area contributed by atoms with Crippen LogP contribution in [0.4, 0.5) is 8.78 Å². The molecule has 0 saturated carbocycles. The van der Waals surface area contributed by atoms with E-state index < -0.39 is 13.0 Å². The van der Waals surface area contributed by atoms with Crippen molar-refractivity contribution in [3.05, 3.63) is 17.7 Å². The van der Waals surface area contributed by atoms with Gasteiger partial charge in [0, 0.05) is 0 Å². The molecule has 0 saturated heterocycles. The number of hydrogen-bond donors (Lipinski definition) is 0. The second-order valence-corrected chi connectivity index (χ2v) is 2.57. The first-order valence-corrected chi connectivity index (χ1v) is 3.81. The highest BCUT2D eigenvalue weighted by Gasteiger charge is 2.06. The summed E-state index contributed by atoms with van der Waals surface area (Å²) in [5.74, 6) is 0.910. The van der Waals surface area contributed by atoms with Crippen molar-refractivity contribution in [2.45, 2.75) is 20.3 Å². The van der Waals surface area contributed by atoms with Crippen LogP contribution in [0.5, 0.6) is 5.75 Å². The molecule has 72 valence electrons. The van der Waals surface area contributed by atoms with E-state index in [2.05, 4.69) is 9.97 Å². The molecule has 0 spiro atoms. The Balaban J connectivity index is 2.67. The number of halogens is 2. The Bertz CT molecular complexity index is 291. The topological polar surface area (TPSA) is 35.0 Å². The molecule has 1 heterocycles. The number of aromatic nitrogens is 2. The minimum absolute atomic E-state index is 0.311. The van der Waals surface area contributed by atoms with Crippen LogP contribution in [-0.4, -0.2) is 23.0 Å². The summed E-state index contributed by atoms with van der Waals surface area (Å²) in [7, 11) is 0. The first kappa shape index (κ1) is 9.83. The zero-order valence-electron chi connectivity index (χ0n) is 7.42. The predicted octanol–water partition coefficient (Wildman–Crippen LogP) is 1.74.